The van der Waals surface area contributed by atoms with Gasteiger partial charge in [-0.05, 0) is 54.1 Å². The zero-order chi connectivity index (χ0) is 22.6. The standard InChI is InChI=1S/C27H21N7/c1-34-14-16-4-2-5-18(10-16)20-6-3-7-22-24(20)31-27(30-22)26-25-23(32-33-26)9-8-21(29-25)19-11-17(15-34)12-28-13-19/h2-13H,14-15H2,1H3,(H,30,31)(H,32,33). The number of aromatic amines is 2. The van der Waals surface area contributed by atoms with Gasteiger partial charge in [0.15, 0.2) is 11.5 Å². The highest BCUT2D eigenvalue weighted by molar-refractivity contribution is 5.96. The van der Waals surface area contributed by atoms with E-state index in [9.17, 15) is 0 Å². The Morgan fingerprint density at radius 2 is 1.68 bits per heavy atom. The lowest BCUT2D eigenvalue weighted by molar-refractivity contribution is 0.319. The lowest BCUT2D eigenvalue weighted by Gasteiger charge is -2.18. The Kier molecular flexibility index (Phi) is 4.13. The maximum absolute atomic E-state index is 4.98. The summed E-state index contributed by atoms with van der Waals surface area (Å²) in [6.07, 6.45) is 3.79. The number of nitrogens with one attached hydrogen (secondary N) is 2. The minimum atomic E-state index is 0.699. The van der Waals surface area contributed by atoms with Crippen molar-refractivity contribution in [3.8, 4) is 33.9 Å². The Balaban J connectivity index is 1.51. The quantitative estimate of drug-likeness (QED) is 0.338. The molecule has 0 atom stereocenters. The van der Waals surface area contributed by atoms with Gasteiger partial charge in [-0.15, -0.1) is 0 Å². The van der Waals surface area contributed by atoms with Crippen molar-refractivity contribution in [2.45, 2.75) is 13.1 Å². The second-order valence-corrected chi connectivity index (χ2v) is 8.91. The molecular formula is C27H21N7. The molecule has 6 aromatic rings. The first-order valence-electron chi connectivity index (χ1n) is 11.3. The number of para-hydroxylation sites is 1. The van der Waals surface area contributed by atoms with Crippen LogP contribution in [0.5, 0.6) is 0 Å². The van der Waals surface area contributed by atoms with Crippen molar-refractivity contribution in [2.24, 2.45) is 0 Å². The summed E-state index contributed by atoms with van der Waals surface area (Å²) in [5.41, 5.74) is 10.8. The van der Waals surface area contributed by atoms with Crippen molar-refractivity contribution in [1.29, 1.82) is 0 Å². The molecule has 0 spiro atoms. The zero-order valence-corrected chi connectivity index (χ0v) is 18.6. The predicted molar refractivity (Wildman–Crippen MR) is 133 cm³/mol. The van der Waals surface area contributed by atoms with Crippen molar-refractivity contribution in [3.05, 3.63) is 84.2 Å². The van der Waals surface area contributed by atoms with Gasteiger partial charge < -0.3 is 4.98 Å². The van der Waals surface area contributed by atoms with Crippen molar-refractivity contribution < 1.29 is 0 Å². The highest BCUT2D eigenvalue weighted by Crippen LogP contribution is 2.32. The maximum Gasteiger partial charge on any atom is 0.161 e. The van der Waals surface area contributed by atoms with Crippen LogP contribution in [0.1, 0.15) is 11.1 Å². The smallest absolute Gasteiger partial charge is 0.161 e. The second-order valence-electron chi connectivity index (χ2n) is 8.91. The zero-order valence-electron chi connectivity index (χ0n) is 18.6. The molecular weight excluding hydrogens is 422 g/mol. The third-order valence-electron chi connectivity index (χ3n) is 6.38. The van der Waals surface area contributed by atoms with Gasteiger partial charge in [0.05, 0.1) is 22.2 Å². The molecule has 5 heterocycles. The van der Waals surface area contributed by atoms with Crippen molar-refractivity contribution >= 4 is 22.1 Å². The van der Waals surface area contributed by atoms with Gasteiger partial charge in [-0.3, -0.25) is 15.0 Å². The lowest BCUT2D eigenvalue weighted by atomic mass is 10.0. The Morgan fingerprint density at radius 3 is 2.65 bits per heavy atom. The fourth-order valence-corrected chi connectivity index (χ4v) is 4.83. The van der Waals surface area contributed by atoms with Crippen LogP contribution in [0, 0.1) is 0 Å². The normalized spacial score (nSPS) is 13.7. The summed E-state index contributed by atoms with van der Waals surface area (Å²) in [5, 5.41) is 7.67. The van der Waals surface area contributed by atoms with Crippen LogP contribution in [-0.4, -0.2) is 42.1 Å². The van der Waals surface area contributed by atoms with Crippen LogP contribution >= 0.6 is 0 Å². The van der Waals surface area contributed by atoms with E-state index < -0.39 is 0 Å². The first-order chi connectivity index (χ1) is 16.7. The third kappa shape index (κ3) is 3.09. The number of aromatic nitrogens is 6. The van der Waals surface area contributed by atoms with Gasteiger partial charge >= 0.3 is 0 Å². The summed E-state index contributed by atoms with van der Waals surface area (Å²) in [6.45, 7) is 1.63. The molecule has 1 aliphatic heterocycles. The number of H-pyrrole nitrogens is 2. The largest absolute Gasteiger partial charge is 0.336 e. The summed E-state index contributed by atoms with van der Waals surface area (Å²) in [5.74, 6) is 0.699. The molecule has 0 amide bonds. The van der Waals surface area contributed by atoms with E-state index in [1.807, 2.05) is 24.5 Å². The molecule has 2 aromatic carbocycles. The summed E-state index contributed by atoms with van der Waals surface area (Å²) in [6, 6.07) is 21.1. The van der Waals surface area contributed by atoms with Gasteiger partial charge in [-0.25, -0.2) is 9.97 Å². The Morgan fingerprint density at radius 1 is 0.794 bits per heavy atom. The monoisotopic (exact) mass is 443 g/mol. The van der Waals surface area contributed by atoms with Crippen LogP contribution in [0.25, 0.3) is 56.0 Å². The molecule has 0 fully saturated rings. The van der Waals surface area contributed by atoms with Crippen LogP contribution in [0.4, 0.5) is 0 Å². The number of imidazole rings is 1. The van der Waals surface area contributed by atoms with Gasteiger partial charge in [0.1, 0.15) is 5.52 Å². The average Bonchev–Trinajstić information content (AvgIpc) is 3.47. The molecule has 8 bridgehead atoms. The van der Waals surface area contributed by atoms with E-state index in [4.69, 9.17) is 9.97 Å². The van der Waals surface area contributed by atoms with E-state index in [0.29, 0.717) is 11.5 Å². The summed E-state index contributed by atoms with van der Waals surface area (Å²) < 4.78 is 0. The number of hydrogen-bond donors (Lipinski definition) is 2. The maximum atomic E-state index is 4.98. The minimum absolute atomic E-state index is 0.699. The van der Waals surface area contributed by atoms with Crippen LogP contribution < -0.4 is 0 Å². The number of pyridine rings is 2. The van der Waals surface area contributed by atoms with Crippen LogP contribution in [0.15, 0.2) is 73.1 Å². The Hall–Kier alpha value is -4.36. The number of nitrogens with zero attached hydrogens (tertiary/aromatic N) is 5. The van der Waals surface area contributed by atoms with E-state index in [0.717, 1.165) is 63.1 Å². The van der Waals surface area contributed by atoms with Gasteiger partial charge in [0.2, 0.25) is 0 Å². The first-order valence-corrected chi connectivity index (χ1v) is 11.3. The molecule has 0 unspecified atom stereocenters. The molecule has 164 valence electrons. The van der Waals surface area contributed by atoms with Gasteiger partial charge in [-0.2, -0.15) is 5.10 Å². The molecule has 1 aliphatic rings. The summed E-state index contributed by atoms with van der Waals surface area (Å²) >= 11 is 0. The fourth-order valence-electron chi connectivity index (χ4n) is 4.83. The number of benzene rings is 2. The van der Waals surface area contributed by atoms with Gasteiger partial charge in [0, 0.05) is 36.6 Å². The topological polar surface area (TPSA) is 86.4 Å². The highest BCUT2D eigenvalue weighted by atomic mass is 15.1. The van der Waals surface area contributed by atoms with Gasteiger partial charge in [0.25, 0.3) is 0 Å². The van der Waals surface area contributed by atoms with Crippen LogP contribution in [0.3, 0.4) is 0 Å². The van der Waals surface area contributed by atoms with E-state index in [2.05, 4.69) is 80.6 Å². The molecule has 0 radical (unpaired) electrons. The highest BCUT2D eigenvalue weighted by Gasteiger charge is 2.17. The Bertz CT molecular complexity index is 1690. The van der Waals surface area contributed by atoms with E-state index in [-0.39, 0.29) is 0 Å². The van der Waals surface area contributed by atoms with E-state index >= 15 is 0 Å². The molecule has 34 heavy (non-hydrogen) atoms. The van der Waals surface area contributed by atoms with E-state index in [1.54, 1.807) is 0 Å². The number of hydrogen-bond acceptors (Lipinski definition) is 5. The van der Waals surface area contributed by atoms with Crippen molar-refractivity contribution in [3.63, 3.8) is 0 Å². The molecule has 0 saturated carbocycles. The molecule has 0 aliphatic carbocycles. The van der Waals surface area contributed by atoms with Crippen molar-refractivity contribution in [1.82, 2.24) is 35.0 Å². The van der Waals surface area contributed by atoms with Crippen LogP contribution in [-0.2, 0) is 13.1 Å². The van der Waals surface area contributed by atoms with E-state index in [1.165, 1.54) is 5.56 Å². The van der Waals surface area contributed by atoms with Crippen LogP contribution in [0.2, 0.25) is 0 Å². The molecule has 7 heteroatoms. The SMILES string of the molecule is CN1Cc2cncc(c2)-c2ccc3[nH]nc(c3n2)-c2nc3c(cccc3[nH]2)-c2cccc(c2)C1. The molecule has 4 aromatic heterocycles. The fraction of sp³-hybridized carbons (Fsp3) is 0.111. The second kappa shape index (κ2) is 7.33. The average molecular weight is 444 g/mol. The number of rotatable bonds is 0. The molecule has 7 nitrogen and oxygen atoms in total. The molecule has 7 rings (SSSR count). The van der Waals surface area contributed by atoms with Gasteiger partial charge in [-0.1, -0.05) is 30.3 Å². The first kappa shape index (κ1) is 19.1. The lowest BCUT2D eigenvalue weighted by Crippen LogP contribution is -2.17. The number of fused-ring (bicyclic) bond motifs is 9. The molecule has 0 saturated heterocycles. The minimum Gasteiger partial charge on any atom is -0.336 e. The Labute approximate surface area is 195 Å². The molecule has 2 N–H and O–H groups in total. The predicted octanol–water partition coefficient (Wildman–Crippen LogP) is 5.18. The summed E-state index contributed by atoms with van der Waals surface area (Å²) in [4.78, 5) is 20.2. The van der Waals surface area contributed by atoms with Crippen molar-refractivity contribution in [2.75, 3.05) is 7.05 Å². The third-order valence-corrected chi connectivity index (χ3v) is 6.38. The summed E-state index contributed by atoms with van der Waals surface area (Å²) in [7, 11) is 2.14.